The lowest BCUT2D eigenvalue weighted by atomic mass is 9.90. The Balaban J connectivity index is 0.000000249. The van der Waals surface area contributed by atoms with E-state index in [2.05, 4.69) is 4.74 Å². The molecule has 0 aliphatic heterocycles. The summed E-state index contributed by atoms with van der Waals surface area (Å²) in [6, 6.07) is 5.78. The highest BCUT2D eigenvalue weighted by molar-refractivity contribution is 6.30. The lowest BCUT2D eigenvalue weighted by molar-refractivity contribution is -0.128. The third-order valence-corrected chi connectivity index (χ3v) is 2.86. The van der Waals surface area contributed by atoms with Gasteiger partial charge in [0.05, 0.1) is 12.7 Å². The summed E-state index contributed by atoms with van der Waals surface area (Å²) in [5.41, 5.74) is 2.27. The summed E-state index contributed by atoms with van der Waals surface area (Å²) in [4.78, 5) is 9.18. The molecule has 4 heteroatoms. The van der Waals surface area contributed by atoms with Crippen LogP contribution < -0.4 is 0 Å². The topological polar surface area (TPSA) is 46.5 Å². The zero-order valence-corrected chi connectivity index (χ0v) is 10.6. The predicted octanol–water partition coefficient (Wildman–Crippen LogP) is 2.89. The second kappa shape index (κ2) is 7.30. The molecule has 0 bridgehead atoms. The first-order valence-corrected chi connectivity index (χ1v) is 6.08. The Hall–Kier alpha value is -1.06. The van der Waals surface area contributed by atoms with Crippen LogP contribution in [-0.2, 0) is 16.0 Å². The summed E-state index contributed by atoms with van der Waals surface area (Å²) in [5, 5.41) is 10.3. The Bertz CT molecular complexity index is 366. The van der Waals surface area contributed by atoms with Crippen molar-refractivity contribution < 1.29 is 14.6 Å². The number of hydrogen-bond acceptors (Lipinski definition) is 3. The Morgan fingerprint density at radius 2 is 2.35 bits per heavy atom. The van der Waals surface area contributed by atoms with E-state index in [9.17, 15) is 9.90 Å². The number of aliphatic hydroxyl groups excluding tert-OH is 1. The van der Waals surface area contributed by atoms with Gasteiger partial charge < -0.3 is 9.84 Å². The molecule has 0 radical (unpaired) electrons. The molecule has 0 spiro atoms. The molecule has 0 aromatic heterocycles. The Morgan fingerprint density at radius 1 is 1.59 bits per heavy atom. The average Bonchev–Trinajstić information content (AvgIpc) is 2.32. The molecule has 94 valence electrons. The monoisotopic (exact) mass is 256 g/mol. The van der Waals surface area contributed by atoms with Crippen molar-refractivity contribution in [1.29, 1.82) is 0 Å². The van der Waals surface area contributed by atoms with Gasteiger partial charge in [-0.3, -0.25) is 4.79 Å². The standard InChI is InChI=1S/C10H11ClO.C3H6O2/c11-8-5-4-7-2-1-3-10(12)9(7)6-8;1-2-5-3-4/h4-6,10,12H,1-3H2;3H,2H2,1H3. The van der Waals surface area contributed by atoms with Crippen molar-refractivity contribution in [3.63, 3.8) is 0 Å². The molecule has 0 fully saturated rings. The van der Waals surface area contributed by atoms with E-state index in [-0.39, 0.29) is 6.10 Å². The molecule has 0 saturated carbocycles. The number of fused-ring (bicyclic) bond motifs is 1. The fourth-order valence-corrected chi connectivity index (χ4v) is 1.99. The first-order valence-electron chi connectivity index (χ1n) is 5.70. The highest BCUT2D eigenvalue weighted by atomic mass is 35.5. The molecule has 0 saturated heterocycles. The van der Waals surface area contributed by atoms with Gasteiger partial charge in [0.2, 0.25) is 0 Å². The van der Waals surface area contributed by atoms with Crippen molar-refractivity contribution in [3.8, 4) is 0 Å². The molecule has 0 heterocycles. The zero-order chi connectivity index (χ0) is 12.7. The second-order valence-corrected chi connectivity index (χ2v) is 4.24. The number of halogens is 1. The lowest BCUT2D eigenvalue weighted by Gasteiger charge is -2.20. The zero-order valence-electron chi connectivity index (χ0n) is 9.86. The number of rotatable bonds is 2. The smallest absolute Gasteiger partial charge is 0.293 e. The molecule has 17 heavy (non-hydrogen) atoms. The van der Waals surface area contributed by atoms with E-state index in [0.717, 1.165) is 29.8 Å². The minimum Gasteiger partial charge on any atom is -0.468 e. The van der Waals surface area contributed by atoms with Crippen molar-refractivity contribution in [1.82, 2.24) is 0 Å². The average molecular weight is 257 g/mol. The number of hydrogen-bond donors (Lipinski definition) is 1. The van der Waals surface area contributed by atoms with Gasteiger partial charge in [-0.25, -0.2) is 0 Å². The summed E-state index contributed by atoms with van der Waals surface area (Å²) in [7, 11) is 0. The maximum absolute atomic E-state index is 9.63. The third kappa shape index (κ3) is 4.36. The van der Waals surface area contributed by atoms with Gasteiger partial charge in [-0.2, -0.15) is 0 Å². The van der Waals surface area contributed by atoms with Crippen molar-refractivity contribution in [2.45, 2.75) is 32.3 Å². The van der Waals surface area contributed by atoms with E-state index in [0.29, 0.717) is 13.1 Å². The van der Waals surface area contributed by atoms with Crippen LogP contribution in [0.1, 0.15) is 37.0 Å². The van der Waals surface area contributed by atoms with Crippen molar-refractivity contribution >= 4 is 18.1 Å². The number of aryl methyl sites for hydroxylation is 1. The summed E-state index contributed by atoms with van der Waals surface area (Å²) in [5.74, 6) is 0. The van der Waals surface area contributed by atoms with Gasteiger partial charge >= 0.3 is 0 Å². The van der Waals surface area contributed by atoms with Crippen LogP contribution in [0.4, 0.5) is 0 Å². The third-order valence-electron chi connectivity index (χ3n) is 2.63. The van der Waals surface area contributed by atoms with Crippen LogP contribution >= 0.6 is 11.6 Å². The number of carbonyl (C=O) groups excluding carboxylic acids is 1. The molecule has 0 amide bonds. The van der Waals surface area contributed by atoms with E-state index < -0.39 is 0 Å². The van der Waals surface area contributed by atoms with Gasteiger partial charge in [0, 0.05) is 5.02 Å². The van der Waals surface area contributed by atoms with Gasteiger partial charge in [0.15, 0.2) is 0 Å². The van der Waals surface area contributed by atoms with E-state index in [1.165, 1.54) is 5.56 Å². The van der Waals surface area contributed by atoms with Crippen LogP contribution in [0.25, 0.3) is 0 Å². The number of aliphatic hydroxyl groups is 1. The molecule has 1 aliphatic rings. The van der Waals surface area contributed by atoms with Crippen LogP contribution in [0.3, 0.4) is 0 Å². The number of ether oxygens (including phenoxy) is 1. The molecule has 2 rings (SSSR count). The molecule has 1 atom stereocenters. The van der Waals surface area contributed by atoms with Crippen LogP contribution in [-0.4, -0.2) is 18.2 Å². The van der Waals surface area contributed by atoms with E-state index in [4.69, 9.17) is 11.6 Å². The van der Waals surface area contributed by atoms with Crippen molar-refractivity contribution in [2.75, 3.05) is 6.61 Å². The normalized spacial score (nSPS) is 17.5. The highest BCUT2D eigenvalue weighted by Gasteiger charge is 2.17. The molecular formula is C13H17ClO3. The van der Waals surface area contributed by atoms with Crippen LogP contribution in [0.15, 0.2) is 18.2 Å². The predicted molar refractivity (Wildman–Crippen MR) is 67.0 cm³/mol. The highest BCUT2D eigenvalue weighted by Crippen LogP contribution is 2.31. The van der Waals surface area contributed by atoms with Crippen LogP contribution in [0.2, 0.25) is 5.02 Å². The van der Waals surface area contributed by atoms with Crippen molar-refractivity contribution in [3.05, 3.63) is 34.3 Å². The molecule has 3 nitrogen and oxygen atoms in total. The minimum atomic E-state index is -0.299. The summed E-state index contributed by atoms with van der Waals surface area (Å²) in [6.07, 6.45) is 2.72. The molecule has 1 aromatic rings. The maximum atomic E-state index is 9.63. The molecule has 1 N–H and O–H groups in total. The van der Waals surface area contributed by atoms with E-state index in [1.54, 1.807) is 6.92 Å². The minimum absolute atomic E-state index is 0.299. The van der Waals surface area contributed by atoms with Gasteiger partial charge in [-0.15, -0.1) is 0 Å². The van der Waals surface area contributed by atoms with Crippen LogP contribution in [0, 0.1) is 0 Å². The van der Waals surface area contributed by atoms with E-state index >= 15 is 0 Å². The van der Waals surface area contributed by atoms with Crippen LogP contribution in [0.5, 0.6) is 0 Å². The van der Waals surface area contributed by atoms with Gasteiger partial charge in [-0.05, 0) is 49.4 Å². The quantitative estimate of drug-likeness (QED) is 0.828. The van der Waals surface area contributed by atoms with Gasteiger partial charge in [-0.1, -0.05) is 17.7 Å². The number of benzene rings is 1. The largest absolute Gasteiger partial charge is 0.468 e. The molecule has 1 aromatic carbocycles. The second-order valence-electron chi connectivity index (χ2n) is 3.80. The summed E-state index contributed by atoms with van der Waals surface area (Å²) < 4.78 is 4.15. The Kier molecular flexibility index (Phi) is 6.01. The molecule has 1 unspecified atom stereocenters. The molecule has 1 aliphatic carbocycles. The first-order chi connectivity index (χ1) is 8.19. The maximum Gasteiger partial charge on any atom is 0.293 e. The number of carbonyl (C=O) groups is 1. The molecular weight excluding hydrogens is 240 g/mol. The Labute approximate surface area is 106 Å². The van der Waals surface area contributed by atoms with Crippen molar-refractivity contribution in [2.24, 2.45) is 0 Å². The lowest BCUT2D eigenvalue weighted by Crippen LogP contribution is -2.08. The first kappa shape index (κ1) is 14.0. The summed E-state index contributed by atoms with van der Waals surface area (Å²) >= 11 is 5.83. The fraction of sp³-hybridized carbons (Fsp3) is 0.462. The Morgan fingerprint density at radius 3 is 2.94 bits per heavy atom. The summed E-state index contributed by atoms with van der Waals surface area (Å²) in [6.45, 7) is 2.66. The van der Waals surface area contributed by atoms with Gasteiger partial charge in [0.1, 0.15) is 0 Å². The van der Waals surface area contributed by atoms with E-state index in [1.807, 2.05) is 18.2 Å². The fourth-order valence-electron chi connectivity index (χ4n) is 1.81. The SMILES string of the molecule is CCOC=O.OC1CCCc2ccc(Cl)cc21. The van der Waals surface area contributed by atoms with Gasteiger partial charge in [0.25, 0.3) is 6.47 Å².